The zero-order valence-electron chi connectivity index (χ0n) is 12.5. The molecule has 1 aromatic carbocycles. The minimum atomic E-state index is -4.32. The Labute approximate surface area is 132 Å². The highest BCUT2D eigenvalue weighted by Gasteiger charge is 2.28. The fraction of sp³-hybridized carbons (Fsp3) is 0.357. The van der Waals surface area contributed by atoms with Crippen molar-refractivity contribution in [1.29, 1.82) is 0 Å². The largest absolute Gasteiger partial charge is 0.408 e. The van der Waals surface area contributed by atoms with Gasteiger partial charge < -0.3 is 5.32 Å². The van der Waals surface area contributed by atoms with Gasteiger partial charge in [0.2, 0.25) is 0 Å². The third-order valence-electron chi connectivity index (χ3n) is 3.17. The number of benzene rings is 1. The molecule has 0 aliphatic rings. The van der Waals surface area contributed by atoms with E-state index in [1.54, 1.807) is 12.1 Å². The fourth-order valence-corrected chi connectivity index (χ4v) is 2.68. The predicted molar refractivity (Wildman–Crippen MR) is 79.9 cm³/mol. The number of anilines is 1. The summed E-state index contributed by atoms with van der Waals surface area (Å²) < 4.78 is 60.5. The van der Waals surface area contributed by atoms with Gasteiger partial charge in [0.15, 0.2) is 9.84 Å². The molecule has 0 fully saturated rings. The summed E-state index contributed by atoms with van der Waals surface area (Å²) in [6.45, 7) is 0.669. The summed E-state index contributed by atoms with van der Waals surface area (Å²) >= 11 is 0. The maximum absolute atomic E-state index is 12.3. The Balaban J connectivity index is 2.06. The van der Waals surface area contributed by atoms with Crippen molar-refractivity contribution in [2.24, 2.45) is 0 Å². The number of halogens is 3. The second kappa shape index (κ2) is 6.23. The van der Waals surface area contributed by atoms with E-state index in [0.717, 1.165) is 16.5 Å². The topological polar surface area (TPSA) is 64.0 Å². The maximum atomic E-state index is 12.3. The molecule has 0 bridgehead atoms. The summed E-state index contributed by atoms with van der Waals surface area (Å²) in [5.74, 6) is 0. The molecule has 23 heavy (non-hydrogen) atoms. The third kappa shape index (κ3) is 4.98. The van der Waals surface area contributed by atoms with Gasteiger partial charge in [0.1, 0.15) is 6.54 Å². The smallest absolute Gasteiger partial charge is 0.376 e. The van der Waals surface area contributed by atoms with Crippen LogP contribution in [0.25, 0.3) is 0 Å². The lowest BCUT2D eigenvalue weighted by atomic mass is 10.1. The molecule has 5 nitrogen and oxygen atoms in total. The van der Waals surface area contributed by atoms with Gasteiger partial charge in [0.25, 0.3) is 0 Å². The number of hydrogen-bond acceptors (Lipinski definition) is 4. The van der Waals surface area contributed by atoms with Gasteiger partial charge in [-0.15, -0.1) is 0 Å². The van der Waals surface area contributed by atoms with E-state index in [1.165, 1.54) is 24.5 Å². The molecule has 1 heterocycles. The van der Waals surface area contributed by atoms with Gasteiger partial charge in [-0.2, -0.15) is 18.3 Å². The molecule has 0 aliphatic heterocycles. The van der Waals surface area contributed by atoms with Crippen LogP contribution in [0.3, 0.4) is 0 Å². The molecule has 1 atom stereocenters. The average Bonchev–Trinajstić information content (AvgIpc) is 2.82. The molecule has 0 aliphatic carbocycles. The SMILES string of the molecule is C[C@@H](Nc1cnn(CC(F)(F)F)c1)c1ccc(S(C)(=O)=O)cc1. The van der Waals surface area contributed by atoms with Crippen molar-refractivity contribution in [2.45, 2.75) is 30.6 Å². The first-order chi connectivity index (χ1) is 10.5. The Hall–Kier alpha value is -2.03. The molecule has 0 radical (unpaired) electrons. The van der Waals surface area contributed by atoms with E-state index in [0.29, 0.717) is 5.69 Å². The summed E-state index contributed by atoms with van der Waals surface area (Å²) in [4.78, 5) is 0.214. The van der Waals surface area contributed by atoms with Crippen molar-refractivity contribution in [3.63, 3.8) is 0 Å². The Morgan fingerprint density at radius 2 is 1.87 bits per heavy atom. The van der Waals surface area contributed by atoms with E-state index < -0.39 is 22.6 Å². The molecule has 0 unspecified atom stereocenters. The molecule has 2 rings (SSSR count). The van der Waals surface area contributed by atoms with Gasteiger partial charge in [0, 0.05) is 18.5 Å². The number of rotatable bonds is 5. The van der Waals surface area contributed by atoms with E-state index >= 15 is 0 Å². The minimum Gasteiger partial charge on any atom is -0.376 e. The highest BCUT2D eigenvalue weighted by Crippen LogP contribution is 2.22. The van der Waals surface area contributed by atoms with Crippen LogP contribution in [-0.4, -0.2) is 30.6 Å². The molecule has 1 aromatic heterocycles. The van der Waals surface area contributed by atoms with Crippen molar-refractivity contribution < 1.29 is 21.6 Å². The lowest BCUT2D eigenvalue weighted by molar-refractivity contribution is -0.142. The van der Waals surface area contributed by atoms with Gasteiger partial charge in [-0.1, -0.05) is 12.1 Å². The minimum absolute atomic E-state index is 0.214. The lowest BCUT2D eigenvalue weighted by Gasteiger charge is -2.14. The van der Waals surface area contributed by atoms with Crippen LogP contribution in [0.4, 0.5) is 18.9 Å². The number of hydrogen-bond donors (Lipinski definition) is 1. The van der Waals surface area contributed by atoms with Crippen LogP contribution in [0.15, 0.2) is 41.6 Å². The van der Waals surface area contributed by atoms with E-state index in [1.807, 2.05) is 6.92 Å². The van der Waals surface area contributed by atoms with Gasteiger partial charge in [-0.05, 0) is 24.6 Å². The van der Waals surface area contributed by atoms with Crippen LogP contribution >= 0.6 is 0 Å². The third-order valence-corrected chi connectivity index (χ3v) is 4.29. The van der Waals surface area contributed by atoms with E-state index in [4.69, 9.17) is 0 Å². The molecule has 9 heteroatoms. The van der Waals surface area contributed by atoms with E-state index in [9.17, 15) is 21.6 Å². The number of alkyl halides is 3. The second-order valence-electron chi connectivity index (χ2n) is 5.25. The molecule has 1 N–H and O–H groups in total. The molecule has 0 saturated carbocycles. The zero-order valence-corrected chi connectivity index (χ0v) is 13.3. The summed E-state index contributed by atoms with van der Waals surface area (Å²) in [6, 6.07) is 6.10. The van der Waals surface area contributed by atoms with Crippen molar-refractivity contribution in [2.75, 3.05) is 11.6 Å². The van der Waals surface area contributed by atoms with Crippen molar-refractivity contribution in [1.82, 2.24) is 9.78 Å². The normalized spacial score (nSPS) is 13.8. The van der Waals surface area contributed by atoms with Crippen molar-refractivity contribution in [3.05, 3.63) is 42.2 Å². The lowest BCUT2D eigenvalue weighted by Crippen LogP contribution is -2.17. The van der Waals surface area contributed by atoms with Crippen LogP contribution < -0.4 is 5.32 Å². The Bertz CT molecular complexity index is 767. The highest BCUT2D eigenvalue weighted by molar-refractivity contribution is 7.90. The molecule has 2 aromatic rings. The van der Waals surface area contributed by atoms with Crippen LogP contribution in [0.1, 0.15) is 18.5 Å². The standard InChI is InChI=1S/C14H16F3N3O2S/c1-10(11-3-5-13(6-4-11)23(2,21)22)19-12-7-18-20(8-12)9-14(15,16)17/h3-8,10,19H,9H2,1-2H3/t10-/m1/s1. The Morgan fingerprint density at radius 3 is 2.39 bits per heavy atom. The molecule has 0 spiro atoms. The first-order valence-corrected chi connectivity index (χ1v) is 8.59. The Morgan fingerprint density at radius 1 is 1.26 bits per heavy atom. The first-order valence-electron chi connectivity index (χ1n) is 6.70. The van der Waals surface area contributed by atoms with Crippen LogP contribution in [0.2, 0.25) is 0 Å². The fourth-order valence-electron chi connectivity index (χ4n) is 2.05. The van der Waals surface area contributed by atoms with Gasteiger partial charge in [-0.3, -0.25) is 4.68 Å². The van der Waals surface area contributed by atoms with Gasteiger partial charge in [-0.25, -0.2) is 8.42 Å². The van der Waals surface area contributed by atoms with Crippen molar-refractivity contribution >= 4 is 15.5 Å². The zero-order chi connectivity index (χ0) is 17.3. The first kappa shape index (κ1) is 17.3. The van der Waals surface area contributed by atoms with Crippen LogP contribution in [0.5, 0.6) is 0 Å². The molecule has 126 valence electrons. The van der Waals surface area contributed by atoms with Crippen LogP contribution in [-0.2, 0) is 16.4 Å². The van der Waals surface area contributed by atoms with Gasteiger partial charge in [0.05, 0.1) is 16.8 Å². The number of aromatic nitrogens is 2. The van der Waals surface area contributed by atoms with E-state index in [2.05, 4.69) is 10.4 Å². The molecule has 0 saturated heterocycles. The van der Waals surface area contributed by atoms with E-state index in [-0.39, 0.29) is 10.9 Å². The molecule has 0 amide bonds. The average molecular weight is 347 g/mol. The maximum Gasteiger partial charge on any atom is 0.408 e. The number of nitrogens with zero attached hydrogens (tertiary/aromatic N) is 2. The number of sulfone groups is 1. The second-order valence-corrected chi connectivity index (χ2v) is 7.26. The summed E-state index contributed by atoms with van der Waals surface area (Å²) in [5.41, 5.74) is 1.26. The quantitative estimate of drug-likeness (QED) is 0.903. The predicted octanol–water partition coefficient (Wildman–Crippen LogP) is 3.02. The monoisotopic (exact) mass is 347 g/mol. The summed E-state index contributed by atoms with van der Waals surface area (Å²) in [5, 5.41) is 6.67. The van der Waals surface area contributed by atoms with Crippen LogP contribution in [0, 0.1) is 0 Å². The van der Waals surface area contributed by atoms with Gasteiger partial charge >= 0.3 is 6.18 Å². The number of nitrogens with one attached hydrogen (secondary N) is 1. The highest BCUT2D eigenvalue weighted by atomic mass is 32.2. The Kier molecular flexibility index (Phi) is 4.69. The molecular formula is C14H16F3N3O2S. The van der Waals surface area contributed by atoms with Crippen molar-refractivity contribution in [3.8, 4) is 0 Å². The molecular weight excluding hydrogens is 331 g/mol. The summed E-state index contributed by atoms with van der Waals surface area (Å²) in [7, 11) is -3.26. The summed E-state index contributed by atoms with van der Waals surface area (Å²) in [6.07, 6.45) is -0.614.